The van der Waals surface area contributed by atoms with Crippen molar-refractivity contribution in [1.29, 1.82) is 0 Å². The molecule has 0 spiro atoms. The van der Waals surface area contributed by atoms with Crippen molar-refractivity contribution in [1.82, 2.24) is 14.2 Å². The highest BCUT2D eigenvalue weighted by Gasteiger charge is 2.22. The van der Waals surface area contributed by atoms with Gasteiger partial charge in [-0.3, -0.25) is 0 Å². The Labute approximate surface area is 180 Å². The first-order valence-electron chi connectivity index (χ1n) is 9.99. The minimum Gasteiger partial charge on any atom is -0.306 e. The van der Waals surface area contributed by atoms with Crippen LogP contribution in [0.3, 0.4) is 0 Å². The summed E-state index contributed by atoms with van der Waals surface area (Å²) in [6.07, 6.45) is 2.04. The Morgan fingerprint density at radius 1 is 0.767 bits per heavy atom. The summed E-state index contributed by atoms with van der Waals surface area (Å²) in [5, 5.41) is 12.3. The Morgan fingerprint density at radius 3 is 2.17 bits per heavy atom. The van der Waals surface area contributed by atoms with Crippen molar-refractivity contribution in [3.05, 3.63) is 75.9 Å². The molecule has 5 aromatic heterocycles. The largest absolute Gasteiger partial charge is 0.306 e. The first-order valence-corrected chi connectivity index (χ1v) is 11.7. The fourth-order valence-electron chi connectivity index (χ4n) is 5.00. The Bertz CT molecular complexity index is 1720. The number of nitrogens with zero attached hydrogens (tertiary/aromatic N) is 3. The van der Waals surface area contributed by atoms with E-state index in [-0.39, 0.29) is 0 Å². The van der Waals surface area contributed by atoms with Crippen LogP contribution >= 0.6 is 22.7 Å². The average molecular weight is 424 g/mol. The first kappa shape index (κ1) is 16.6. The maximum absolute atomic E-state index is 4.90. The molecule has 5 heteroatoms. The predicted octanol–water partition coefficient (Wildman–Crippen LogP) is 7.48. The second-order valence-corrected chi connectivity index (χ2v) is 10.1. The third kappa shape index (κ3) is 1.92. The highest BCUT2D eigenvalue weighted by Crippen LogP contribution is 2.43. The van der Waals surface area contributed by atoms with Gasteiger partial charge < -0.3 is 4.57 Å². The SMILES string of the molecule is Cc1sc(C)c2c1c1sccc1n1ncc(-n3c4ccccc4c4ccccc43)c21. The van der Waals surface area contributed by atoms with E-state index in [0.29, 0.717) is 0 Å². The molecule has 0 saturated heterocycles. The van der Waals surface area contributed by atoms with Gasteiger partial charge in [-0.25, -0.2) is 4.52 Å². The van der Waals surface area contributed by atoms with E-state index in [1.54, 1.807) is 0 Å². The number of thiophene rings is 2. The number of fused-ring (bicyclic) bond motifs is 9. The molecule has 0 N–H and O–H groups in total. The lowest BCUT2D eigenvalue weighted by Crippen LogP contribution is -1.95. The lowest BCUT2D eigenvalue weighted by atomic mass is 10.1. The molecular formula is C25H17N3S2. The molecule has 0 saturated carbocycles. The second kappa shape index (κ2) is 5.72. The van der Waals surface area contributed by atoms with Gasteiger partial charge in [-0.2, -0.15) is 5.10 Å². The van der Waals surface area contributed by atoms with Gasteiger partial charge in [0.05, 0.1) is 38.7 Å². The maximum Gasteiger partial charge on any atom is 0.1000 e. The van der Waals surface area contributed by atoms with Crippen molar-refractivity contribution in [3.8, 4) is 5.69 Å². The zero-order valence-corrected chi connectivity index (χ0v) is 18.1. The van der Waals surface area contributed by atoms with Crippen molar-refractivity contribution in [2.75, 3.05) is 0 Å². The van der Waals surface area contributed by atoms with Gasteiger partial charge in [0.2, 0.25) is 0 Å². The van der Waals surface area contributed by atoms with E-state index in [1.165, 1.54) is 58.1 Å². The molecule has 3 nitrogen and oxygen atoms in total. The molecule has 0 aliphatic carbocycles. The summed E-state index contributed by atoms with van der Waals surface area (Å²) in [5.74, 6) is 0. The number of aromatic nitrogens is 3. The summed E-state index contributed by atoms with van der Waals surface area (Å²) in [4.78, 5) is 2.73. The van der Waals surface area contributed by atoms with Crippen LogP contribution in [0.2, 0.25) is 0 Å². The van der Waals surface area contributed by atoms with Crippen LogP contribution in [0.1, 0.15) is 9.75 Å². The summed E-state index contributed by atoms with van der Waals surface area (Å²) in [7, 11) is 0. The van der Waals surface area contributed by atoms with E-state index in [0.717, 1.165) is 5.69 Å². The molecule has 0 unspecified atom stereocenters. The molecule has 0 radical (unpaired) electrons. The minimum absolute atomic E-state index is 1.14. The molecule has 0 atom stereocenters. The van der Waals surface area contributed by atoms with Crippen LogP contribution in [0.4, 0.5) is 0 Å². The smallest absolute Gasteiger partial charge is 0.1000 e. The van der Waals surface area contributed by atoms with E-state index < -0.39 is 0 Å². The lowest BCUT2D eigenvalue weighted by Gasteiger charge is -2.08. The normalized spacial score (nSPS) is 12.3. The van der Waals surface area contributed by atoms with E-state index in [4.69, 9.17) is 5.10 Å². The van der Waals surface area contributed by atoms with Gasteiger partial charge in [0, 0.05) is 31.3 Å². The molecule has 7 rings (SSSR count). The Kier molecular flexibility index (Phi) is 3.17. The van der Waals surface area contributed by atoms with Crippen molar-refractivity contribution in [2.24, 2.45) is 0 Å². The van der Waals surface area contributed by atoms with Crippen LogP contribution in [0, 0.1) is 13.8 Å². The van der Waals surface area contributed by atoms with Gasteiger partial charge >= 0.3 is 0 Å². The van der Waals surface area contributed by atoms with E-state index in [2.05, 4.69) is 82.9 Å². The summed E-state index contributed by atoms with van der Waals surface area (Å²) >= 11 is 3.70. The quantitative estimate of drug-likeness (QED) is 0.268. The monoisotopic (exact) mass is 423 g/mol. The first-order chi connectivity index (χ1) is 14.7. The topological polar surface area (TPSA) is 22.2 Å². The van der Waals surface area contributed by atoms with Crippen molar-refractivity contribution >= 4 is 71.0 Å². The summed E-state index contributed by atoms with van der Waals surface area (Å²) < 4.78 is 5.86. The van der Waals surface area contributed by atoms with Gasteiger partial charge in [-0.15, -0.1) is 22.7 Å². The number of aryl methyl sites for hydroxylation is 2. The van der Waals surface area contributed by atoms with Gasteiger partial charge in [0.15, 0.2) is 0 Å². The van der Waals surface area contributed by atoms with Crippen molar-refractivity contribution in [3.63, 3.8) is 0 Å². The number of benzene rings is 2. The maximum atomic E-state index is 4.90. The molecule has 0 amide bonds. The molecule has 0 aliphatic heterocycles. The van der Waals surface area contributed by atoms with Gasteiger partial charge in [-0.1, -0.05) is 36.4 Å². The Balaban J connectivity index is 1.77. The molecule has 2 aromatic carbocycles. The Hall–Kier alpha value is -3.15. The number of para-hydroxylation sites is 2. The van der Waals surface area contributed by atoms with Gasteiger partial charge in [0.1, 0.15) is 0 Å². The van der Waals surface area contributed by atoms with Crippen molar-refractivity contribution < 1.29 is 0 Å². The van der Waals surface area contributed by atoms with Crippen LogP contribution in [0.15, 0.2) is 66.2 Å². The lowest BCUT2D eigenvalue weighted by molar-refractivity contribution is 1.01. The third-order valence-electron chi connectivity index (χ3n) is 6.17. The minimum atomic E-state index is 1.14. The second-order valence-electron chi connectivity index (χ2n) is 7.76. The van der Waals surface area contributed by atoms with Crippen molar-refractivity contribution in [2.45, 2.75) is 13.8 Å². The number of rotatable bonds is 1. The van der Waals surface area contributed by atoms with E-state index >= 15 is 0 Å². The average Bonchev–Trinajstić information content (AvgIpc) is 3.51. The molecule has 30 heavy (non-hydrogen) atoms. The summed E-state index contributed by atoms with van der Waals surface area (Å²) in [5.41, 5.74) is 5.97. The molecule has 5 heterocycles. The summed E-state index contributed by atoms with van der Waals surface area (Å²) in [6.45, 7) is 4.48. The fourth-order valence-corrected chi connectivity index (χ4v) is 7.11. The zero-order chi connectivity index (χ0) is 20.0. The molecular weight excluding hydrogens is 406 g/mol. The molecule has 0 bridgehead atoms. The van der Waals surface area contributed by atoms with Crippen LogP contribution in [-0.2, 0) is 0 Å². The predicted molar refractivity (Wildman–Crippen MR) is 130 cm³/mol. The standard InChI is InChI=1S/C25H17N3S2/c1-14-22-23(15(2)30-14)25-20(11-12-29-25)28-24(22)21(13-26-28)27-18-9-5-3-7-16(18)17-8-4-6-10-19(17)27/h3-13H,1-2H3. The highest BCUT2D eigenvalue weighted by atomic mass is 32.1. The van der Waals surface area contributed by atoms with E-state index in [9.17, 15) is 0 Å². The third-order valence-corrected chi connectivity index (χ3v) is 8.11. The molecule has 0 aliphatic rings. The zero-order valence-electron chi connectivity index (χ0n) is 16.5. The fraction of sp³-hybridized carbons (Fsp3) is 0.0800. The number of hydrogen-bond acceptors (Lipinski definition) is 3. The van der Waals surface area contributed by atoms with Crippen LogP contribution in [0.5, 0.6) is 0 Å². The van der Waals surface area contributed by atoms with E-state index in [1.807, 2.05) is 28.9 Å². The number of hydrogen-bond donors (Lipinski definition) is 0. The van der Waals surface area contributed by atoms with Crippen LogP contribution in [-0.4, -0.2) is 14.2 Å². The highest BCUT2D eigenvalue weighted by molar-refractivity contribution is 7.19. The molecule has 0 fully saturated rings. The summed E-state index contributed by atoms with van der Waals surface area (Å²) in [6, 6.07) is 19.5. The van der Waals surface area contributed by atoms with Crippen LogP contribution < -0.4 is 0 Å². The van der Waals surface area contributed by atoms with Crippen LogP contribution in [0.25, 0.3) is 54.0 Å². The number of pyridine rings is 1. The Morgan fingerprint density at radius 2 is 1.43 bits per heavy atom. The van der Waals surface area contributed by atoms with Gasteiger partial charge in [-0.05, 0) is 37.4 Å². The molecule has 144 valence electrons. The van der Waals surface area contributed by atoms with Gasteiger partial charge in [0.25, 0.3) is 0 Å². The molecule has 7 aromatic rings.